The van der Waals surface area contributed by atoms with Crippen molar-refractivity contribution < 1.29 is 14.3 Å². The molecule has 0 spiro atoms. The minimum atomic E-state index is -0.402. The number of likely N-dealkylation sites (N-methyl/N-ethyl adjacent to an activating group) is 1. The van der Waals surface area contributed by atoms with Crippen LogP contribution in [-0.2, 0) is 16.0 Å². The van der Waals surface area contributed by atoms with Gasteiger partial charge in [-0.1, -0.05) is 43.3 Å². The molecule has 0 bridgehead atoms. The Morgan fingerprint density at radius 2 is 1.91 bits per heavy atom. The molecule has 32 heavy (non-hydrogen) atoms. The lowest BCUT2D eigenvalue weighted by Gasteiger charge is -2.36. The van der Waals surface area contributed by atoms with Gasteiger partial charge in [-0.25, -0.2) is 0 Å². The molecule has 5 nitrogen and oxygen atoms in total. The Kier molecular flexibility index (Phi) is 7.48. The van der Waals surface area contributed by atoms with E-state index < -0.39 is 5.41 Å². The van der Waals surface area contributed by atoms with Crippen molar-refractivity contribution in [1.82, 2.24) is 10.2 Å². The first kappa shape index (κ1) is 22.8. The van der Waals surface area contributed by atoms with Crippen LogP contribution < -0.4 is 10.1 Å². The predicted molar refractivity (Wildman–Crippen MR) is 128 cm³/mol. The average Bonchev–Trinajstić information content (AvgIpc) is 3.31. The summed E-state index contributed by atoms with van der Waals surface area (Å²) in [6, 6.07) is 17.2. The summed E-state index contributed by atoms with van der Waals surface area (Å²) < 4.78 is 11.0. The highest BCUT2D eigenvalue weighted by Gasteiger charge is 2.40. The van der Waals surface area contributed by atoms with Crippen molar-refractivity contribution in [2.45, 2.75) is 45.1 Å². The van der Waals surface area contributed by atoms with Gasteiger partial charge in [-0.2, -0.15) is 0 Å². The molecule has 0 aliphatic carbocycles. The number of hydrogen-bond donors (Lipinski definition) is 1. The van der Waals surface area contributed by atoms with E-state index in [1.54, 1.807) is 7.11 Å². The number of likely N-dealkylation sites (tertiary alicyclic amines) is 1. The van der Waals surface area contributed by atoms with Crippen molar-refractivity contribution in [1.29, 1.82) is 0 Å². The third-order valence-electron chi connectivity index (χ3n) is 7.21. The van der Waals surface area contributed by atoms with E-state index in [1.165, 1.54) is 18.4 Å². The molecule has 2 aliphatic rings. The van der Waals surface area contributed by atoms with Crippen LogP contribution in [0.15, 0.2) is 48.5 Å². The number of hydrogen-bond acceptors (Lipinski definition) is 4. The van der Waals surface area contributed by atoms with E-state index in [9.17, 15) is 4.79 Å². The van der Waals surface area contributed by atoms with Crippen molar-refractivity contribution in [3.63, 3.8) is 0 Å². The van der Waals surface area contributed by atoms with Gasteiger partial charge in [0.05, 0.1) is 12.5 Å². The number of carbonyl (C=O) groups excluding carboxylic acids is 1. The van der Waals surface area contributed by atoms with Crippen molar-refractivity contribution in [3.8, 4) is 16.9 Å². The van der Waals surface area contributed by atoms with E-state index in [0.717, 1.165) is 55.8 Å². The third-order valence-corrected chi connectivity index (χ3v) is 7.21. The van der Waals surface area contributed by atoms with Crippen LogP contribution in [-0.4, -0.2) is 56.8 Å². The minimum Gasteiger partial charge on any atom is -0.497 e. The van der Waals surface area contributed by atoms with Gasteiger partial charge in [0.1, 0.15) is 5.75 Å². The molecule has 2 heterocycles. The third kappa shape index (κ3) is 5.16. The van der Waals surface area contributed by atoms with Crippen LogP contribution in [0.2, 0.25) is 0 Å². The molecule has 2 aliphatic heterocycles. The van der Waals surface area contributed by atoms with Gasteiger partial charge in [0.15, 0.2) is 0 Å². The molecule has 4 rings (SSSR count). The fourth-order valence-corrected chi connectivity index (χ4v) is 5.24. The topological polar surface area (TPSA) is 50.8 Å². The Morgan fingerprint density at radius 3 is 2.66 bits per heavy atom. The number of rotatable bonds is 8. The standard InChI is InChI=1S/C27H36N2O3/c1-3-29-14-6-10-24(29)20-28-26(30)27(12-15-32-16-13-27)19-21-7-4-8-22(17-21)23-9-5-11-25(18-23)31-2/h4-5,7-9,11,17-18,24H,3,6,10,12-16,19-20H2,1-2H3,(H,28,30)/t24-/m1/s1. The SMILES string of the molecule is CCN1CCC[C@@H]1CNC(=O)C1(Cc2cccc(-c3cccc(OC)c3)c2)CCOCC1. The molecule has 0 aromatic heterocycles. The molecule has 172 valence electrons. The van der Waals surface area contributed by atoms with Gasteiger partial charge in [0, 0.05) is 25.8 Å². The lowest BCUT2D eigenvalue weighted by atomic mass is 9.74. The number of nitrogens with one attached hydrogen (secondary N) is 1. The van der Waals surface area contributed by atoms with Crippen LogP contribution in [0.4, 0.5) is 0 Å². The Labute approximate surface area is 192 Å². The van der Waals surface area contributed by atoms with Gasteiger partial charge >= 0.3 is 0 Å². The molecule has 0 radical (unpaired) electrons. The Bertz CT molecular complexity index is 907. The lowest BCUT2D eigenvalue weighted by molar-refractivity contribution is -0.136. The number of benzene rings is 2. The summed E-state index contributed by atoms with van der Waals surface area (Å²) in [5.74, 6) is 1.04. The monoisotopic (exact) mass is 436 g/mol. The highest BCUT2D eigenvalue weighted by molar-refractivity contribution is 5.83. The highest BCUT2D eigenvalue weighted by atomic mass is 16.5. The van der Waals surface area contributed by atoms with Crippen LogP contribution in [0.5, 0.6) is 5.75 Å². The van der Waals surface area contributed by atoms with E-state index in [1.807, 2.05) is 12.1 Å². The molecule has 0 unspecified atom stereocenters. The van der Waals surface area contributed by atoms with Crippen LogP contribution in [0, 0.1) is 5.41 Å². The Hall–Kier alpha value is -2.37. The molecule has 1 atom stereocenters. The Morgan fingerprint density at radius 1 is 1.16 bits per heavy atom. The second-order valence-electron chi connectivity index (χ2n) is 9.14. The zero-order chi connectivity index (χ0) is 22.4. The van der Waals surface area contributed by atoms with Crippen LogP contribution in [0.1, 0.15) is 38.2 Å². The van der Waals surface area contributed by atoms with Gasteiger partial charge < -0.3 is 14.8 Å². The van der Waals surface area contributed by atoms with Crippen LogP contribution in [0.25, 0.3) is 11.1 Å². The van der Waals surface area contributed by atoms with Crippen molar-refractivity contribution in [2.75, 3.05) is 40.0 Å². The number of ether oxygens (including phenoxy) is 2. The first-order valence-corrected chi connectivity index (χ1v) is 12.0. The summed E-state index contributed by atoms with van der Waals surface area (Å²) in [6.07, 6.45) is 4.67. The van der Waals surface area contributed by atoms with Crippen molar-refractivity contribution in [3.05, 3.63) is 54.1 Å². The molecule has 2 saturated heterocycles. The minimum absolute atomic E-state index is 0.190. The second-order valence-corrected chi connectivity index (χ2v) is 9.14. The smallest absolute Gasteiger partial charge is 0.226 e. The summed E-state index contributed by atoms with van der Waals surface area (Å²) >= 11 is 0. The molecule has 1 N–H and O–H groups in total. The highest BCUT2D eigenvalue weighted by Crippen LogP contribution is 2.36. The normalized spacial score (nSPS) is 20.8. The van der Waals surface area contributed by atoms with Gasteiger partial charge in [-0.15, -0.1) is 0 Å². The number of methoxy groups -OCH3 is 1. The maximum Gasteiger partial charge on any atom is 0.226 e. The number of carbonyl (C=O) groups is 1. The molecule has 1 amide bonds. The van der Waals surface area contributed by atoms with Crippen molar-refractivity contribution >= 4 is 5.91 Å². The molecule has 2 aromatic rings. The van der Waals surface area contributed by atoms with Gasteiger partial charge in [-0.3, -0.25) is 9.69 Å². The van der Waals surface area contributed by atoms with Crippen LogP contribution in [0.3, 0.4) is 0 Å². The van der Waals surface area contributed by atoms with E-state index in [2.05, 4.69) is 53.5 Å². The molecule has 5 heteroatoms. The summed E-state index contributed by atoms with van der Waals surface area (Å²) in [5, 5.41) is 3.33. The lowest BCUT2D eigenvalue weighted by Crippen LogP contribution is -2.49. The zero-order valence-electron chi connectivity index (χ0n) is 19.4. The average molecular weight is 437 g/mol. The summed E-state index contributed by atoms with van der Waals surface area (Å²) in [5.41, 5.74) is 3.06. The van der Waals surface area contributed by atoms with Crippen molar-refractivity contribution in [2.24, 2.45) is 5.41 Å². The largest absolute Gasteiger partial charge is 0.497 e. The number of nitrogens with zero attached hydrogens (tertiary/aromatic N) is 1. The molecule has 0 saturated carbocycles. The Balaban J connectivity index is 1.50. The predicted octanol–water partition coefficient (Wildman–Crippen LogP) is 4.30. The summed E-state index contributed by atoms with van der Waals surface area (Å²) in [7, 11) is 1.69. The quantitative estimate of drug-likeness (QED) is 0.670. The van der Waals surface area contributed by atoms with Crippen LogP contribution >= 0.6 is 0 Å². The van der Waals surface area contributed by atoms with E-state index >= 15 is 0 Å². The first-order valence-electron chi connectivity index (χ1n) is 12.0. The second kappa shape index (κ2) is 10.5. The molecule has 2 aromatic carbocycles. The molecular formula is C27H36N2O3. The number of amides is 1. The summed E-state index contributed by atoms with van der Waals surface area (Å²) in [6.45, 7) is 6.44. The van der Waals surface area contributed by atoms with Gasteiger partial charge in [-0.05, 0) is 74.0 Å². The fraction of sp³-hybridized carbons (Fsp3) is 0.519. The molecular weight excluding hydrogens is 400 g/mol. The van der Waals surface area contributed by atoms with Gasteiger partial charge in [0.25, 0.3) is 0 Å². The zero-order valence-corrected chi connectivity index (χ0v) is 19.4. The maximum atomic E-state index is 13.5. The summed E-state index contributed by atoms with van der Waals surface area (Å²) in [4.78, 5) is 16.0. The van der Waals surface area contributed by atoms with E-state index in [4.69, 9.17) is 9.47 Å². The molecule has 2 fully saturated rings. The maximum absolute atomic E-state index is 13.5. The first-order chi connectivity index (χ1) is 15.6. The van der Waals surface area contributed by atoms with E-state index in [-0.39, 0.29) is 5.91 Å². The van der Waals surface area contributed by atoms with E-state index in [0.29, 0.717) is 19.3 Å². The van der Waals surface area contributed by atoms with Gasteiger partial charge in [0.2, 0.25) is 5.91 Å². The fourth-order valence-electron chi connectivity index (χ4n) is 5.24.